The van der Waals surface area contributed by atoms with E-state index in [0.29, 0.717) is 0 Å². The summed E-state index contributed by atoms with van der Waals surface area (Å²) in [6, 6.07) is 3.69. The molecule has 0 bridgehead atoms. The summed E-state index contributed by atoms with van der Waals surface area (Å²) in [6.45, 7) is 5.35. The van der Waals surface area contributed by atoms with Gasteiger partial charge in [0.2, 0.25) is 0 Å². The first-order valence-electron chi connectivity index (χ1n) is 3.37. The third kappa shape index (κ3) is 3.23. The van der Waals surface area contributed by atoms with Crippen LogP contribution in [0.25, 0.3) is 0 Å². The van der Waals surface area contributed by atoms with Gasteiger partial charge in [0, 0.05) is 0 Å². The van der Waals surface area contributed by atoms with Crippen LogP contribution in [0.3, 0.4) is 0 Å². The fourth-order valence-electron chi connectivity index (χ4n) is 0.659. The molecule has 0 amide bonds. The van der Waals surface area contributed by atoms with E-state index in [1.807, 2.05) is 12.1 Å². The van der Waals surface area contributed by atoms with E-state index in [1.54, 1.807) is 13.0 Å². The van der Waals surface area contributed by atoms with Gasteiger partial charge < -0.3 is 0 Å². The molecule has 2 heteroatoms. The monoisotopic (exact) mass is 146 g/mol. The minimum Gasteiger partial charge on any atom is -0.192 e. The third-order valence-corrected chi connectivity index (χ3v) is 1.37. The van der Waals surface area contributed by atoms with Crippen LogP contribution in [0.2, 0.25) is 0 Å². The van der Waals surface area contributed by atoms with Crippen molar-refractivity contribution in [2.45, 2.75) is 19.8 Å². The Labute approximate surface area is 67.1 Å². The fraction of sp³-hybridized carbons (Fsp3) is 0.333. The predicted molar refractivity (Wildman–Crippen MR) is 43.4 cm³/mol. The van der Waals surface area contributed by atoms with Gasteiger partial charge >= 0.3 is 0 Å². The first-order valence-corrected chi connectivity index (χ1v) is 3.37. The van der Waals surface area contributed by atoms with Crippen molar-refractivity contribution in [3.8, 4) is 12.1 Å². The maximum Gasteiger partial charge on any atom is 0.128 e. The van der Waals surface area contributed by atoms with Crippen molar-refractivity contribution in [1.82, 2.24) is 0 Å². The molecule has 0 aliphatic heterocycles. The molecule has 0 unspecified atom stereocenters. The molecule has 11 heavy (non-hydrogen) atoms. The topological polar surface area (TPSA) is 47.6 Å². The van der Waals surface area contributed by atoms with Crippen LogP contribution in [-0.2, 0) is 0 Å². The van der Waals surface area contributed by atoms with E-state index < -0.39 is 0 Å². The predicted octanol–water partition coefficient (Wildman–Crippen LogP) is 2.32. The Morgan fingerprint density at radius 3 is 2.36 bits per heavy atom. The summed E-state index contributed by atoms with van der Waals surface area (Å²) in [5, 5.41) is 16.9. The van der Waals surface area contributed by atoms with Gasteiger partial charge in [0.05, 0.1) is 0 Å². The van der Waals surface area contributed by atoms with Crippen LogP contribution < -0.4 is 0 Å². The lowest BCUT2D eigenvalue weighted by molar-refractivity contribution is 0.973. The summed E-state index contributed by atoms with van der Waals surface area (Å²) >= 11 is 0. The number of allylic oxidation sites excluding steroid dienone is 3. The van der Waals surface area contributed by atoms with Crippen molar-refractivity contribution >= 4 is 0 Å². The van der Waals surface area contributed by atoms with E-state index in [2.05, 4.69) is 6.58 Å². The van der Waals surface area contributed by atoms with Crippen LogP contribution in [0.5, 0.6) is 0 Å². The number of nitriles is 2. The van der Waals surface area contributed by atoms with Gasteiger partial charge in [-0.2, -0.15) is 10.5 Å². The summed E-state index contributed by atoms with van der Waals surface area (Å²) < 4.78 is 0. The largest absolute Gasteiger partial charge is 0.192 e. The normalized spacial score (nSPS) is 7.55. The lowest BCUT2D eigenvalue weighted by Gasteiger charge is -1.94. The summed E-state index contributed by atoms with van der Waals surface area (Å²) in [7, 11) is 0. The Bertz CT molecular complexity index is 232. The lowest BCUT2D eigenvalue weighted by Crippen LogP contribution is -1.82. The summed E-state index contributed by atoms with van der Waals surface area (Å²) in [5.41, 5.74) is 1.07. The van der Waals surface area contributed by atoms with Gasteiger partial charge in [-0.15, -0.1) is 6.58 Å². The number of hydrogen-bond acceptors (Lipinski definition) is 2. The molecule has 0 spiro atoms. The SMILES string of the molecule is C=CCCC(C)=C(C#N)C#N. The molecule has 0 aromatic heterocycles. The molecule has 0 heterocycles. The Hall–Kier alpha value is -1.54. The molecule has 0 aromatic carbocycles. The van der Waals surface area contributed by atoms with Crippen LogP contribution in [0, 0.1) is 22.7 Å². The second-order valence-electron chi connectivity index (χ2n) is 2.21. The number of hydrogen-bond donors (Lipinski definition) is 0. The van der Waals surface area contributed by atoms with E-state index >= 15 is 0 Å². The standard InChI is InChI=1S/C9H10N2/c1-3-4-5-8(2)9(6-10)7-11/h3H,1,4-5H2,2H3. The average Bonchev–Trinajstić information content (AvgIpc) is 2.03. The van der Waals surface area contributed by atoms with E-state index in [-0.39, 0.29) is 5.57 Å². The Morgan fingerprint density at radius 1 is 1.45 bits per heavy atom. The maximum atomic E-state index is 8.44. The molecule has 0 N–H and O–H groups in total. The quantitative estimate of drug-likeness (QED) is 0.453. The van der Waals surface area contributed by atoms with Crippen LogP contribution in [0.15, 0.2) is 23.8 Å². The van der Waals surface area contributed by atoms with E-state index in [1.165, 1.54) is 0 Å². The van der Waals surface area contributed by atoms with Crippen LogP contribution >= 0.6 is 0 Å². The van der Waals surface area contributed by atoms with Crippen molar-refractivity contribution in [2.24, 2.45) is 0 Å². The van der Waals surface area contributed by atoms with Crippen LogP contribution in [0.4, 0.5) is 0 Å². The molecule has 0 fully saturated rings. The lowest BCUT2D eigenvalue weighted by atomic mass is 10.1. The van der Waals surface area contributed by atoms with Crippen LogP contribution in [-0.4, -0.2) is 0 Å². The van der Waals surface area contributed by atoms with Crippen molar-refractivity contribution in [1.29, 1.82) is 10.5 Å². The van der Waals surface area contributed by atoms with Gasteiger partial charge in [-0.3, -0.25) is 0 Å². The van der Waals surface area contributed by atoms with Gasteiger partial charge in [0.15, 0.2) is 0 Å². The second-order valence-corrected chi connectivity index (χ2v) is 2.21. The molecule has 0 saturated heterocycles. The fourth-order valence-corrected chi connectivity index (χ4v) is 0.659. The zero-order valence-electron chi connectivity index (χ0n) is 6.59. The van der Waals surface area contributed by atoms with E-state index in [4.69, 9.17) is 10.5 Å². The zero-order valence-corrected chi connectivity index (χ0v) is 6.59. The highest BCUT2D eigenvalue weighted by Gasteiger charge is 1.97. The first-order chi connectivity index (χ1) is 5.26. The first kappa shape index (κ1) is 9.46. The summed E-state index contributed by atoms with van der Waals surface area (Å²) in [6.07, 6.45) is 3.34. The average molecular weight is 146 g/mol. The van der Waals surface area contributed by atoms with Crippen molar-refractivity contribution in [2.75, 3.05) is 0 Å². The molecule has 0 saturated carbocycles. The molecular formula is C9H10N2. The van der Waals surface area contributed by atoms with Gasteiger partial charge in [-0.1, -0.05) is 6.08 Å². The molecule has 0 radical (unpaired) electrons. The van der Waals surface area contributed by atoms with Gasteiger partial charge in [0.25, 0.3) is 0 Å². The second kappa shape index (κ2) is 5.26. The summed E-state index contributed by atoms with van der Waals surface area (Å²) in [4.78, 5) is 0. The zero-order chi connectivity index (χ0) is 8.69. The van der Waals surface area contributed by atoms with Gasteiger partial charge in [0.1, 0.15) is 17.7 Å². The van der Waals surface area contributed by atoms with Gasteiger partial charge in [-0.05, 0) is 25.3 Å². The molecule has 0 rings (SSSR count). The maximum absolute atomic E-state index is 8.44. The highest BCUT2D eigenvalue weighted by atomic mass is 14.3. The Kier molecular flexibility index (Phi) is 4.52. The molecule has 0 atom stereocenters. The Morgan fingerprint density at radius 2 is 2.00 bits per heavy atom. The molecule has 0 aromatic rings. The smallest absolute Gasteiger partial charge is 0.128 e. The van der Waals surface area contributed by atoms with Crippen molar-refractivity contribution < 1.29 is 0 Å². The number of rotatable bonds is 3. The van der Waals surface area contributed by atoms with E-state index in [9.17, 15) is 0 Å². The van der Waals surface area contributed by atoms with Crippen molar-refractivity contribution in [3.63, 3.8) is 0 Å². The number of nitrogens with zero attached hydrogens (tertiary/aromatic N) is 2. The highest BCUT2D eigenvalue weighted by molar-refractivity contribution is 5.39. The summed E-state index contributed by atoms with van der Waals surface area (Å²) in [5.74, 6) is 0. The minimum atomic E-state index is 0.229. The molecular weight excluding hydrogens is 136 g/mol. The third-order valence-electron chi connectivity index (χ3n) is 1.37. The van der Waals surface area contributed by atoms with Gasteiger partial charge in [-0.25, -0.2) is 0 Å². The van der Waals surface area contributed by atoms with Crippen LogP contribution in [0.1, 0.15) is 19.8 Å². The molecule has 0 aliphatic carbocycles. The minimum absolute atomic E-state index is 0.229. The Balaban J connectivity index is 4.30. The van der Waals surface area contributed by atoms with Crippen molar-refractivity contribution in [3.05, 3.63) is 23.8 Å². The molecule has 0 aliphatic rings. The van der Waals surface area contributed by atoms with E-state index in [0.717, 1.165) is 18.4 Å². The molecule has 56 valence electrons. The highest BCUT2D eigenvalue weighted by Crippen LogP contribution is 2.09. The molecule has 2 nitrogen and oxygen atoms in total.